The second kappa shape index (κ2) is 9.75. The molecule has 5 nitrogen and oxygen atoms in total. The van der Waals surface area contributed by atoms with Gasteiger partial charge in [-0.2, -0.15) is 4.99 Å². The maximum atomic E-state index is 12.9. The van der Waals surface area contributed by atoms with Gasteiger partial charge in [0.15, 0.2) is 10.6 Å². The third-order valence-corrected chi connectivity index (χ3v) is 6.08. The fraction of sp³-hybridized carbons (Fsp3) is 0.192. The number of carbonyl (C=O) groups is 2. The van der Waals surface area contributed by atoms with E-state index in [1.165, 1.54) is 11.3 Å². The second-order valence-corrected chi connectivity index (χ2v) is 8.30. The first-order chi connectivity index (χ1) is 15.6. The third kappa shape index (κ3) is 4.55. The number of thiazole rings is 1. The van der Waals surface area contributed by atoms with Crippen molar-refractivity contribution in [2.24, 2.45) is 4.99 Å². The van der Waals surface area contributed by atoms with Crippen LogP contribution in [0.15, 0.2) is 77.8 Å². The average Bonchev–Trinajstić information content (AvgIpc) is 3.16. The molecule has 0 N–H and O–H groups in total. The van der Waals surface area contributed by atoms with Crippen LogP contribution in [0.3, 0.4) is 0 Å². The van der Waals surface area contributed by atoms with E-state index in [4.69, 9.17) is 4.74 Å². The summed E-state index contributed by atoms with van der Waals surface area (Å²) in [6, 6.07) is 21.7. The zero-order valence-electron chi connectivity index (χ0n) is 18.1. The van der Waals surface area contributed by atoms with E-state index in [1.807, 2.05) is 43.3 Å². The van der Waals surface area contributed by atoms with Crippen LogP contribution < -0.4 is 9.54 Å². The van der Waals surface area contributed by atoms with Gasteiger partial charge in [-0.05, 0) is 43.7 Å². The molecule has 4 aromatic rings. The van der Waals surface area contributed by atoms with Gasteiger partial charge in [-0.3, -0.25) is 9.59 Å². The third-order valence-electron chi connectivity index (χ3n) is 5.04. The largest absolute Gasteiger partial charge is 0.494 e. The number of fused-ring (bicyclic) bond motifs is 1. The van der Waals surface area contributed by atoms with Crippen molar-refractivity contribution in [2.75, 3.05) is 6.61 Å². The van der Waals surface area contributed by atoms with Crippen LogP contribution in [0, 0.1) is 0 Å². The van der Waals surface area contributed by atoms with Gasteiger partial charge in [0.25, 0.3) is 5.91 Å². The first kappa shape index (κ1) is 21.7. The molecular formula is C26H24N2O3S. The van der Waals surface area contributed by atoms with Crippen molar-refractivity contribution in [3.63, 3.8) is 0 Å². The molecule has 6 heteroatoms. The molecule has 0 aliphatic heterocycles. The average molecular weight is 445 g/mol. The molecule has 0 saturated carbocycles. The highest BCUT2D eigenvalue weighted by Gasteiger charge is 2.12. The highest BCUT2D eigenvalue weighted by Crippen LogP contribution is 2.24. The van der Waals surface area contributed by atoms with Crippen molar-refractivity contribution >= 4 is 33.2 Å². The minimum absolute atomic E-state index is 0.0723. The van der Waals surface area contributed by atoms with Crippen molar-refractivity contribution in [3.05, 3.63) is 94.3 Å². The number of ether oxygens (including phenoxy) is 1. The SMILES string of the molecule is CCCn1c(=NC(=O)c2ccc(C(=O)c3ccccc3)cc2)sc2cc(OCC)ccc21. The van der Waals surface area contributed by atoms with Gasteiger partial charge >= 0.3 is 0 Å². The van der Waals surface area contributed by atoms with Gasteiger partial charge in [-0.1, -0.05) is 60.7 Å². The lowest BCUT2D eigenvalue weighted by atomic mass is 10.0. The quantitative estimate of drug-likeness (QED) is 0.355. The van der Waals surface area contributed by atoms with Gasteiger partial charge in [0.05, 0.1) is 16.8 Å². The molecule has 162 valence electrons. The zero-order valence-corrected chi connectivity index (χ0v) is 18.9. The smallest absolute Gasteiger partial charge is 0.279 e. The summed E-state index contributed by atoms with van der Waals surface area (Å²) in [5.74, 6) is 0.406. The van der Waals surface area contributed by atoms with Gasteiger partial charge in [-0.25, -0.2) is 0 Å². The Bertz CT molecular complexity index is 1320. The Balaban J connectivity index is 1.65. The topological polar surface area (TPSA) is 60.7 Å². The normalized spacial score (nSPS) is 11.6. The predicted octanol–water partition coefficient (Wildman–Crippen LogP) is 5.48. The first-order valence-electron chi connectivity index (χ1n) is 10.7. The second-order valence-electron chi connectivity index (χ2n) is 7.29. The maximum absolute atomic E-state index is 12.9. The summed E-state index contributed by atoms with van der Waals surface area (Å²) in [7, 11) is 0. The highest BCUT2D eigenvalue weighted by molar-refractivity contribution is 7.16. The predicted molar refractivity (Wildman–Crippen MR) is 127 cm³/mol. The molecule has 3 aromatic carbocycles. The molecule has 0 unspecified atom stereocenters. The number of aromatic nitrogens is 1. The summed E-state index contributed by atoms with van der Waals surface area (Å²) in [4.78, 5) is 30.5. The Kier molecular flexibility index (Phi) is 6.61. The highest BCUT2D eigenvalue weighted by atomic mass is 32.1. The fourth-order valence-corrected chi connectivity index (χ4v) is 4.59. The lowest BCUT2D eigenvalue weighted by Crippen LogP contribution is -2.16. The Morgan fingerprint density at radius 3 is 2.28 bits per heavy atom. The Morgan fingerprint density at radius 1 is 0.906 bits per heavy atom. The van der Waals surface area contributed by atoms with Gasteiger partial charge in [0.2, 0.25) is 0 Å². The number of benzene rings is 3. The van der Waals surface area contributed by atoms with Crippen LogP contribution in [0.2, 0.25) is 0 Å². The van der Waals surface area contributed by atoms with Gasteiger partial charge in [0.1, 0.15) is 5.75 Å². The molecule has 0 saturated heterocycles. The molecule has 0 aliphatic rings. The summed E-state index contributed by atoms with van der Waals surface area (Å²) >= 11 is 1.47. The van der Waals surface area contributed by atoms with E-state index in [0.29, 0.717) is 28.1 Å². The molecule has 4 rings (SSSR count). The molecule has 32 heavy (non-hydrogen) atoms. The van der Waals surface area contributed by atoms with Crippen LogP contribution in [0.5, 0.6) is 5.75 Å². The van der Waals surface area contributed by atoms with Crippen LogP contribution in [0.4, 0.5) is 0 Å². The number of amides is 1. The molecule has 0 atom stereocenters. The van der Waals surface area contributed by atoms with Gasteiger partial charge in [-0.15, -0.1) is 0 Å². The van der Waals surface area contributed by atoms with Crippen molar-refractivity contribution in [1.29, 1.82) is 0 Å². The molecular weight excluding hydrogens is 420 g/mol. The lowest BCUT2D eigenvalue weighted by Gasteiger charge is -2.05. The number of nitrogens with zero attached hydrogens (tertiary/aromatic N) is 2. The Morgan fingerprint density at radius 2 is 1.59 bits per heavy atom. The molecule has 0 fully saturated rings. The number of carbonyl (C=O) groups excluding carboxylic acids is 2. The van der Waals surface area contributed by atoms with Gasteiger partial charge < -0.3 is 9.30 Å². The Hall–Kier alpha value is -3.51. The molecule has 1 amide bonds. The van der Waals surface area contributed by atoms with Crippen LogP contribution in [0.25, 0.3) is 10.2 Å². The molecule has 0 aliphatic carbocycles. The lowest BCUT2D eigenvalue weighted by molar-refractivity contribution is 0.0994. The molecule has 1 aromatic heterocycles. The van der Waals surface area contributed by atoms with Crippen molar-refractivity contribution in [3.8, 4) is 5.75 Å². The minimum Gasteiger partial charge on any atom is -0.494 e. The van der Waals surface area contributed by atoms with Crippen molar-refractivity contribution in [2.45, 2.75) is 26.8 Å². The van der Waals surface area contributed by atoms with E-state index in [1.54, 1.807) is 36.4 Å². The minimum atomic E-state index is -0.329. The van der Waals surface area contributed by atoms with E-state index in [-0.39, 0.29) is 11.7 Å². The van der Waals surface area contributed by atoms with E-state index < -0.39 is 0 Å². The van der Waals surface area contributed by atoms with Crippen molar-refractivity contribution < 1.29 is 14.3 Å². The maximum Gasteiger partial charge on any atom is 0.279 e. The number of hydrogen-bond donors (Lipinski definition) is 0. The summed E-state index contributed by atoms with van der Waals surface area (Å²) in [5, 5.41) is 0. The standard InChI is InChI=1S/C26H24N2O3S/c1-3-16-28-22-15-14-21(31-4-2)17-23(22)32-26(28)27-25(30)20-12-10-19(11-13-20)24(29)18-8-6-5-7-9-18/h5-15,17H,3-4,16H2,1-2H3. The molecule has 0 bridgehead atoms. The summed E-state index contributed by atoms with van der Waals surface area (Å²) in [5.41, 5.74) is 2.65. The van der Waals surface area contributed by atoms with Crippen molar-refractivity contribution in [1.82, 2.24) is 4.57 Å². The summed E-state index contributed by atoms with van der Waals surface area (Å²) in [6.45, 7) is 5.42. The fourth-order valence-electron chi connectivity index (χ4n) is 3.51. The van der Waals surface area contributed by atoms with Crippen LogP contribution in [0.1, 0.15) is 46.5 Å². The van der Waals surface area contributed by atoms with E-state index in [9.17, 15) is 9.59 Å². The molecule has 0 spiro atoms. The number of rotatable bonds is 7. The number of aryl methyl sites for hydroxylation is 1. The molecule has 0 radical (unpaired) electrons. The summed E-state index contributed by atoms with van der Waals surface area (Å²) < 4.78 is 8.71. The van der Waals surface area contributed by atoms with Crippen LogP contribution >= 0.6 is 11.3 Å². The first-order valence-corrected chi connectivity index (χ1v) is 11.5. The van der Waals surface area contributed by atoms with Crippen LogP contribution in [-0.4, -0.2) is 22.9 Å². The summed E-state index contributed by atoms with van der Waals surface area (Å²) in [6.07, 6.45) is 0.927. The van der Waals surface area contributed by atoms with E-state index in [2.05, 4.69) is 16.5 Å². The molecule has 1 heterocycles. The number of hydrogen-bond acceptors (Lipinski definition) is 4. The van der Waals surface area contributed by atoms with Gasteiger partial charge in [0, 0.05) is 23.2 Å². The van der Waals surface area contributed by atoms with E-state index >= 15 is 0 Å². The zero-order chi connectivity index (χ0) is 22.5. The monoisotopic (exact) mass is 444 g/mol. The Labute approximate surface area is 190 Å². The van der Waals surface area contributed by atoms with Crippen LogP contribution in [-0.2, 0) is 6.54 Å². The number of ketones is 1. The van der Waals surface area contributed by atoms with E-state index in [0.717, 1.165) is 28.9 Å².